The van der Waals surface area contributed by atoms with E-state index < -0.39 is 11.9 Å². The minimum atomic E-state index is -4.53. The van der Waals surface area contributed by atoms with E-state index in [9.17, 15) is 13.2 Å². The number of rotatable bonds is 2. The van der Waals surface area contributed by atoms with Crippen molar-refractivity contribution in [3.63, 3.8) is 0 Å². The van der Waals surface area contributed by atoms with Crippen LogP contribution in [0.25, 0.3) is 0 Å². The summed E-state index contributed by atoms with van der Waals surface area (Å²) in [4.78, 5) is 5.43. The van der Waals surface area contributed by atoms with E-state index in [1.165, 1.54) is 6.07 Å². The summed E-state index contributed by atoms with van der Waals surface area (Å²) in [6.45, 7) is 5.20. The largest absolute Gasteiger partial charge is 0.433 e. The first-order chi connectivity index (χ1) is 9.64. The van der Waals surface area contributed by atoms with Gasteiger partial charge >= 0.3 is 6.18 Å². The summed E-state index contributed by atoms with van der Waals surface area (Å²) in [5, 5.41) is 11.6. The number of nitrogens with two attached hydrogens (primary N) is 1. The van der Waals surface area contributed by atoms with Crippen LogP contribution in [0.2, 0.25) is 0 Å². The van der Waals surface area contributed by atoms with E-state index in [1.54, 1.807) is 4.90 Å². The second-order valence-electron chi connectivity index (χ2n) is 5.89. The van der Waals surface area contributed by atoms with E-state index in [-0.39, 0.29) is 22.6 Å². The molecule has 5 nitrogen and oxygen atoms in total. The third-order valence-corrected chi connectivity index (χ3v) is 3.53. The molecule has 0 amide bonds. The van der Waals surface area contributed by atoms with Gasteiger partial charge in [-0.25, -0.2) is 4.98 Å². The lowest BCUT2D eigenvalue weighted by Gasteiger charge is -2.23. The molecule has 1 aliphatic rings. The smallest absolute Gasteiger partial charge is 0.409 e. The van der Waals surface area contributed by atoms with Gasteiger partial charge in [0.2, 0.25) is 0 Å². The number of alkyl halides is 3. The first-order valence-electron chi connectivity index (χ1n) is 6.45. The zero-order chi connectivity index (χ0) is 15.8. The fourth-order valence-corrected chi connectivity index (χ4v) is 2.39. The summed E-state index contributed by atoms with van der Waals surface area (Å²) in [6, 6.07) is 2.02. The number of hydrogen-bond donors (Lipinski definition) is 2. The quantitative estimate of drug-likeness (QED) is 0.381. The fraction of sp³-hybridized carbons (Fsp3) is 0.538. The van der Waals surface area contributed by atoms with Gasteiger partial charge in [-0.15, -0.1) is 0 Å². The zero-order valence-corrected chi connectivity index (χ0v) is 11.8. The van der Waals surface area contributed by atoms with E-state index in [2.05, 4.69) is 10.1 Å². The molecule has 1 aromatic rings. The van der Waals surface area contributed by atoms with Crippen LogP contribution in [0.5, 0.6) is 0 Å². The molecule has 1 fully saturated rings. The van der Waals surface area contributed by atoms with Gasteiger partial charge in [-0.3, -0.25) is 0 Å². The van der Waals surface area contributed by atoms with Crippen molar-refractivity contribution in [1.29, 1.82) is 0 Å². The maximum absolute atomic E-state index is 12.8. The zero-order valence-electron chi connectivity index (χ0n) is 11.8. The third kappa shape index (κ3) is 3.20. The molecule has 8 heteroatoms. The third-order valence-electron chi connectivity index (χ3n) is 3.53. The molecular weight excluding hydrogens is 285 g/mol. The van der Waals surface area contributed by atoms with Crippen LogP contribution in [0.4, 0.5) is 19.0 Å². The molecular formula is C13H17F3N4O. The van der Waals surface area contributed by atoms with Gasteiger partial charge in [0.25, 0.3) is 0 Å². The summed E-state index contributed by atoms with van der Waals surface area (Å²) in [5.74, 6) is -0.151. The van der Waals surface area contributed by atoms with Gasteiger partial charge in [-0.05, 0) is 24.0 Å². The lowest BCUT2D eigenvalue weighted by Crippen LogP contribution is -2.28. The van der Waals surface area contributed by atoms with Gasteiger partial charge in [-0.2, -0.15) is 13.2 Å². The molecule has 0 radical (unpaired) electrons. The number of aromatic nitrogens is 1. The highest BCUT2D eigenvalue weighted by Crippen LogP contribution is 2.35. The van der Waals surface area contributed by atoms with Crippen LogP contribution in [-0.4, -0.2) is 29.1 Å². The Morgan fingerprint density at radius 1 is 1.43 bits per heavy atom. The number of nitrogens with zero attached hydrogens (tertiary/aromatic N) is 3. The van der Waals surface area contributed by atoms with E-state index in [0.29, 0.717) is 13.1 Å². The molecule has 2 heterocycles. The number of anilines is 1. The van der Waals surface area contributed by atoms with Gasteiger partial charge in [0.1, 0.15) is 11.5 Å². The molecule has 0 atom stereocenters. The molecule has 1 aliphatic heterocycles. The molecule has 3 N–H and O–H groups in total. The van der Waals surface area contributed by atoms with Crippen LogP contribution in [0.3, 0.4) is 0 Å². The molecule has 2 rings (SSSR count). The van der Waals surface area contributed by atoms with Gasteiger partial charge < -0.3 is 15.8 Å². The van der Waals surface area contributed by atoms with Crippen LogP contribution in [0.15, 0.2) is 17.3 Å². The van der Waals surface area contributed by atoms with Crippen molar-refractivity contribution in [2.75, 3.05) is 18.0 Å². The van der Waals surface area contributed by atoms with Gasteiger partial charge in [0, 0.05) is 13.1 Å². The van der Waals surface area contributed by atoms with E-state index in [1.807, 2.05) is 13.8 Å². The van der Waals surface area contributed by atoms with Crippen molar-refractivity contribution in [2.24, 2.45) is 16.3 Å². The Balaban J connectivity index is 2.49. The summed E-state index contributed by atoms with van der Waals surface area (Å²) >= 11 is 0. The van der Waals surface area contributed by atoms with Gasteiger partial charge in [0.05, 0.1) is 5.56 Å². The normalized spacial score (nSPS) is 19.1. The van der Waals surface area contributed by atoms with E-state index in [0.717, 1.165) is 12.5 Å². The highest BCUT2D eigenvalue weighted by molar-refractivity contribution is 6.01. The standard InChI is InChI=1S/C13H17F3N4O/c1-12(2)5-6-20(7-12)11-8(10(17)19-21)3-4-9(18-11)13(14,15)16/h3-4,21H,5-7H2,1-2H3,(H2,17,19). The highest BCUT2D eigenvalue weighted by atomic mass is 19.4. The van der Waals surface area contributed by atoms with Crippen molar-refractivity contribution < 1.29 is 18.4 Å². The van der Waals surface area contributed by atoms with Crippen LogP contribution in [0.1, 0.15) is 31.5 Å². The van der Waals surface area contributed by atoms with Crippen molar-refractivity contribution in [1.82, 2.24) is 4.98 Å². The molecule has 1 aromatic heterocycles. The van der Waals surface area contributed by atoms with E-state index >= 15 is 0 Å². The number of amidine groups is 1. The van der Waals surface area contributed by atoms with Crippen LogP contribution < -0.4 is 10.6 Å². The number of oxime groups is 1. The summed E-state index contributed by atoms with van der Waals surface area (Å²) in [7, 11) is 0. The molecule has 116 valence electrons. The van der Waals surface area contributed by atoms with E-state index in [4.69, 9.17) is 10.9 Å². The van der Waals surface area contributed by atoms with Crippen molar-refractivity contribution in [3.8, 4) is 0 Å². The minimum Gasteiger partial charge on any atom is -0.409 e. The lowest BCUT2D eigenvalue weighted by atomic mass is 9.93. The minimum absolute atomic E-state index is 0.0156. The molecule has 0 unspecified atom stereocenters. The molecule has 0 bridgehead atoms. The molecule has 0 aromatic carbocycles. The van der Waals surface area contributed by atoms with Crippen molar-refractivity contribution >= 4 is 11.7 Å². The number of hydrogen-bond acceptors (Lipinski definition) is 4. The van der Waals surface area contributed by atoms with Crippen LogP contribution in [-0.2, 0) is 6.18 Å². The maximum atomic E-state index is 12.8. The highest BCUT2D eigenvalue weighted by Gasteiger charge is 2.36. The Morgan fingerprint density at radius 3 is 2.57 bits per heavy atom. The van der Waals surface area contributed by atoms with Gasteiger partial charge in [0.15, 0.2) is 5.84 Å². The summed E-state index contributed by atoms with van der Waals surface area (Å²) in [5.41, 5.74) is 4.73. The first-order valence-corrected chi connectivity index (χ1v) is 6.45. The Labute approximate surface area is 120 Å². The Hall–Kier alpha value is -1.99. The number of halogens is 3. The average Bonchev–Trinajstić information content (AvgIpc) is 2.76. The Bertz CT molecular complexity index is 569. The van der Waals surface area contributed by atoms with Crippen LogP contribution >= 0.6 is 0 Å². The predicted molar refractivity (Wildman–Crippen MR) is 72.4 cm³/mol. The molecule has 21 heavy (non-hydrogen) atoms. The fourth-order valence-electron chi connectivity index (χ4n) is 2.39. The van der Waals surface area contributed by atoms with Crippen LogP contribution in [0, 0.1) is 5.41 Å². The Kier molecular flexibility index (Phi) is 3.73. The Morgan fingerprint density at radius 2 is 2.10 bits per heavy atom. The second-order valence-corrected chi connectivity index (χ2v) is 5.89. The first kappa shape index (κ1) is 15.4. The summed E-state index contributed by atoms with van der Waals surface area (Å²) < 4.78 is 38.5. The maximum Gasteiger partial charge on any atom is 0.433 e. The average molecular weight is 302 g/mol. The molecule has 0 aliphatic carbocycles. The SMILES string of the molecule is CC1(C)CCN(c2nc(C(F)(F)F)ccc2/C(N)=N/O)C1. The number of pyridine rings is 1. The lowest BCUT2D eigenvalue weighted by molar-refractivity contribution is -0.141. The topological polar surface area (TPSA) is 74.7 Å². The molecule has 0 spiro atoms. The van der Waals surface area contributed by atoms with Gasteiger partial charge in [-0.1, -0.05) is 19.0 Å². The van der Waals surface area contributed by atoms with Crippen molar-refractivity contribution in [3.05, 3.63) is 23.4 Å². The second kappa shape index (κ2) is 5.09. The molecule has 0 saturated carbocycles. The predicted octanol–water partition coefficient (Wildman–Crippen LogP) is 2.43. The molecule has 1 saturated heterocycles. The summed E-state index contributed by atoms with van der Waals surface area (Å²) in [6.07, 6.45) is -3.70. The monoisotopic (exact) mass is 302 g/mol. The van der Waals surface area contributed by atoms with Crippen molar-refractivity contribution in [2.45, 2.75) is 26.4 Å².